The molecule has 442 valence electrons. The van der Waals surface area contributed by atoms with Gasteiger partial charge in [-0.1, -0.05) is 64.7 Å². The molecule has 6 aromatic rings. The number of ether oxygens (including phenoxy) is 1. The Labute approximate surface area is 490 Å². The quantitative estimate of drug-likeness (QED) is 0.0184. The third-order valence-corrected chi connectivity index (χ3v) is 12.5. The van der Waals surface area contributed by atoms with Crippen molar-refractivity contribution in [3.63, 3.8) is 0 Å². The van der Waals surface area contributed by atoms with E-state index in [2.05, 4.69) is 58.6 Å². The molecule has 1 aliphatic rings. The zero-order valence-corrected chi connectivity index (χ0v) is 49.0. The number of hydrogen-bond donors (Lipinski definition) is 8. The number of urea groups is 2. The average Bonchev–Trinajstić information content (AvgIpc) is 3.78. The van der Waals surface area contributed by atoms with Gasteiger partial charge in [-0.05, 0) is 110 Å². The first kappa shape index (κ1) is 65.1. The predicted molar refractivity (Wildman–Crippen MR) is 323 cm³/mol. The number of hydrogen-bond acceptors (Lipinski definition) is 10. The Balaban J connectivity index is 0.000000433. The highest BCUT2D eigenvalue weighted by Gasteiger charge is 2.27. The van der Waals surface area contributed by atoms with Crippen LogP contribution in [0.5, 0.6) is 0 Å². The molecule has 0 bridgehead atoms. The maximum atomic E-state index is 13.0. The van der Waals surface area contributed by atoms with Crippen molar-refractivity contribution in [2.75, 3.05) is 48.7 Å². The van der Waals surface area contributed by atoms with Crippen molar-refractivity contribution in [1.29, 1.82) is 0 Å². The molecule has 4 heterocycles. The molecule has 0 saturated carbocycles. The molecular formula is C63H77N12O9+. The number of rotatable bonds is 23. The van der Waals surface area contributed by atoms with Crippen molar-refractivity contribution in [2.24, 2.45) is 17.1 Å². The SMILES string of the molecule is CC.CC(CNC(=O)CCN1C(=O)C=CC1=O)OCC(C)(C)C(N)=O.CCCNC(=O)Nc1ccc(C#Cc2cc(NC(=O)NCc3ccn4ccnc4c3)ccc2-c2cc[n+](Cc3ccc(NC(=O)CNC(=O)CC(C)C)cc3)cc2)cc1. The second-order valence-corrected chi connectivity index (χ2v) is 20.5. The molecule has 1 unspecified atom stereocenters. The van der Waals surface area contributed by atoms with Crippen LogP contribution in [-0.4, -0.2) is 101 Å². The minimum absolute atomic E-state index is 0.0264. The molecule has 0 spiro atoms. The number of pyridine rings is 2. The van der Waals surface area contributed by atoms with Crippen LogP contribution >= 0.6 is 0 Å². The first-order valence-electron chi connectivity index (χ1n) is 27.9. The molecule has 1 aliphatic heterocycles. The van der Waals surface area contributed by atoms with E-state index in [1.807, 2.05) is 143 Å². The summed E-state index contributed by atoms with van der Waals surface area (Å²) in [6.45, 7) is 16.9. The highest BCUT2D eigenvalue weighted by atomic mass is 16.5. The minimum atomic E-state index is -0.776. The van der Waals surface area contributed by atoms with E-state index in [0.29, 0.717) is 48.7 Å². The standard InChI is InChI=1S/C46H47N9O4.C15H23N3O5.C2H6/c1-4-20-48-45(58)52-39-11-6-33(7-12-39)5-10-37-28-40(53-46(59)50-29-35-17-24-55-25-21-47-42(55)27-35)15-16-41(37)36-18-22-54(23-19-36)31-34-8-13-38(14-9-34)51-44(57)30-49-43(56)26-32(2)3;1-10(23-9-15(2,3)14(16)22)8-17-11(19)6-7-18-12(20)4-5-13(18)21;1-2/h6-9,11-19,21-25,27-28,32H,4,20,26,29-31H2,1-3H3,(H5,48,49,50,51,52,53,56,57,58,59);4-5,10H,6-9H2,1-3H3,(H2,16,22)(H,17,19);1-2H3/p+1. The fraction of sp³-hybridized carbons (Fsp3) is 0.333. The first-order valence-corrected chi connectivity index (χ1v) is 27.9. The van der Waals surface area contributed by atoms with E-state index in [9.17, 15) is 38.4 Å². The molecule has 0 aliphatic carbocycles. The van der Waals surface area contributed by atoms with Crippen molar-refractivity contribution in [3.05, 3.63) is 156 Å². The van der Waals surface area contributed by atoms with Gasteiger partial charge in [-0.2, -0.15) is 0 Å². The number of imidazole rings is 1. The predicted octanol–water partition coefficient (Wildman–Crippen LogP) is 7.05. The van der Waals surface area contributed by atoms with E-state index >= 15 is 0 Å². The van der Waals surface area contributed by atoms with E-state index < -0.39 is 23.1 Å². The number of anilines is 3. The lowest BCUT2D eigenvalue weighted by Gasteiger charge is -2.23. The molecule has 21 nitrogen and oxygen atoms in total. The summed E-state index contributed by atoms with van der Waals surface area (Å²) in [5.74, 6) is 4.78. The topological polar surface area (TPSA) is 280 Å². The lowest BCUT2D eigenvalue weighted by Crippen LogP contribution is -2.40. The van der Waals surface area contributed by atoms with E-state index in [0.717, 1.165) is 44.8 Å². The maximum Gasteiger partial charge on any atom is 0.319 e. The van der Waals surface area contributed by atoms with E-state index in [4.69, 9.17) is 10.5 Å². The summed E-state index contributed by atoms with van der Waals surface area (Å²) < 4.78 is 9.44. The van der Waals surface area contributed by atoms with Crippen molar-refractivity contribution in [3.8, 4) is 23.0 Å². The lowest BCUT2D eigenvalue weighted by molar-refractivity contribution is -0.688. The summed E-state index contributed by atoms with van der Waals surface area (Å²) in [5.41, 5.74) is 12.4. The van der Waals surface area contributed by atoms with Gasteiger partial charge in [0, 0.05) is 116 Å². The van der Waals surface area contributed by atoms with Crippen LogP contribution in [0.15, 0.2) is 134 Å². The fourth-order valence-corrected chi connectivity index (χ4v) is 7.75. The van der Waals surface area contributed by atoms with Crippen LogP contribution in [0.1, 0.15) is 96.9 Å². The van der Waals surface area contributed by atoms with Gasteiger partial charge in [0.25, 0.3) is 11.8 Å². The number of benzene rings is 3. The number of carbonyl (C=O) groups excluding carboxylic acids is 8. The number of nitrogens with zero attached hydrogens (tertiary/aromatic N) is 4. The first-order chi connectivity index (χ1) is 40.2. The second kappa shape index (κ2) is 32.7. The molecule has 84 heavy (non-hydrogen) atoms. The van der Waals surface area contributed by atoms with Gasteiger partial charge in [-0.25, -0.2) is 19.1 Å². The summed E-state index contributed by atoms with van der Waals surface area (Å²) in [6, 6.07) is 27.8. The number of nitrogens with two attached hydrogens (primary N) is 1. The third kappa shape index (κ3) is 21.7. The Morgan fingerprint density at radius 1 is 0.714 bits per heavy atom. The van der Waals surface area contributed by atoms with Crippen molar-refractivity contribution >= 4 is 70.2 Å². The molecule has 0 radical (unpaired) electrons. The number of nitrogens with one attached hydrogen (secondary N) is 7. The summed E-state index contributed by atoms with van der Waals surface area (Å²) >= 11 is 0. The molecule has 3 aromatic heterocycles. The Morgan fingerprint density at radius 2 is 1.36 bits per heavy atom. The zero-order valence-electron chi connectivity index (χ0n) is 49.0. The number of imide groups is 1. The second-order valence-electron chi connectivity index (χ2n) is 20.5. The monoisotopic (exact) mass is 1150 g/mol. The van der Waals surface area contributed by atoms with Gasteiger partial charge >= 0.3 is 12.1 Å². The number of amides is 10. The summed E-state index contributed by atoms with van der Waals surface area (Å²) in [6.07, 6.45) is 12.8. The van der Waals surface area contributed by atoms with Crippen LogP contribution < -0.4 is 47.5 Å². The fourth-order valence-electron chi connectivity index (χ4n) is 7.75. The number of primary amides is 1. The zero-order chi connectivity index (χ0) is 61.2. The Bertz CT molecular complexity index is 3310. The molecule has 21 heteroatoms. The molecule has 0 saturated heterocycles. The van der Waals surface area contributed by atoms with Gasteiger partial charge in [-0.3, -0.25) is 33.7 Å². The minimum Gasteiger partial charge on any atom is -0.376 e. The van der Waals surface area contributed by atoms with Gasteiger partial charge in [-0.15, -0.1) is 0 Å². The number of carbonyl (C=O) groups is 8. The van der Waals surface area contributed by atoms with Gasteiger partial charge < -0.3 is 52.1 Å². The molecule has 1 atom stereocenters. The molecule has 3 aromatic carbocycles. The van der Waals surface area contributed by atoms with Gasteiger partial charge in [0.2, 0.25) is 23.6 Å². The summed E-state index contributed by atoms with van der Waals surface area (Å²) in [4.78, 5) is 100. The molecule has 9 N–H and O–H groups in total. The van der Waals surface area contributed by atoms with Crippen LogP contribution in [0.2, 0.25) is 0 Å². The highest BCUT2D eigenvalue weighted by molar-refractivity contribution is 6.13. The molecular weight excluding hydrogens is 1070 g/mol. The van der Waals surface area contributed by atoms with Crippen molar-refractivity contribution < 1.29 is 47.7 Å². The van der Waals surface area contributed by atoms with Crippen LogP contribution in [0.25, 0.3) is 16.8 Å². The lowest BCUT2D eigenvalue weighted by atomic mass is 9.94. The Hall–Kier alpha value is -9.68. The molecule has 0 fully saturated rings. The number of fused-ring (bicyclic) bond motifs is 1. The smallest absolute Gasteiger partial charge is 0.319 e. The van der Waals surface area contributed by atoms with Crippen molar-refractivity contribution in [2.45, 2.75) is 93.8 Å². The van der Waals surface area contributed by atoms with Crippen LogP contribution in [0.4, 0.5) is 26.7 Å². The van der Waals surface area contributed by atoms with Crippen LogP contribution in [0.3, 0.4) is 0 Å². The highest BCUT2D eigenvalue weighted by Crippen LogP contribution is 2.26. The average molecular weight is 1150 g/mol. The van der Waals surface area contributed by atoms with Gasteiger partial charge in [0.05, 0.1) is 24.7 Å². The summed E-state index contributed by atoms with van der Waals surface area (Å²) in [7, 11) is 0. The Kier molecular flexibility index (Phi) is 25.3. The van der Waals surface area contributed by atoms with E-state index in [1.165, 1.54) is 12.2 Å². The molecule has 10 amide bonds. The van der Waals surface area contributed by atoms with E-state index in [-0.39, 0.29) is 74.5 Å². The molecule has 7 rings (SSSR count). The third-order valence-electron chi connectivity index (χ3n) is 12.5. The van der Waals surface area contributed by atoms with Gasteiger partial charge in [0.1, 0.15) is 5.65 Å². The van der Waals surface area contributed by atoms with Crippen LogP contribution in [0, 0.1) is 23.2 Å². The largest absolute Gasteiger partial charge is 0.376 e. The normalized spacial score (nSPS) is 11.9. The Morgan fingerprint density at radius 3 is 2.02 bits per heavy atom. The van der Waals surface area contributed by atoms with Crippen molar-refractivity contribution in [1.82, 2.24) is 35.6 Å². The van der Waals surface area contributed by atoms with E-state index in [1.54, 1.807) is 39.1 Å². The number of aromatic nitrogens is 3. The maximum absolute atomic E-state index is 13.0. The van der Waals surface area contributed by atoms with Gasteiger partial charge in [0.15, 0.2) is 18.9 Å². The summed E-state index contributed by atoms with van der Waals surface area (Å²) in [5, 5.41) is 19.6. The van der Waals surface area contributed by atoms with Crippen LogP contribution in [-0.2, 0) is 46.6 Å².